The minimum absolute atomic E-state index is 0.501. The summed E-state index contributed by atoms with van der Waals surface area (Å²) in [7, 11) is 0. The fourth-order valence-corrected chi connectivity index (χ4v) is 2.08. The molecule has 1 aliphatic carbocycles. The summed E-state index contributed by atoms with van der Waals surface area (Å²) in [5, 5.41) is 0. The molecule has 0 spiro atoms. The maximum Gasteiger partial charge on any atom is 0.0629 e. The molecule has 0 amide bonds. The van der Waals surface area contributed by atoms with Crippen LogP contribution in [0, 0.1) is 5.41 Å². The van der Waals surface area contributed by atoms with E-state index < -0.39 is 0 Å². The molecule has 1 aromatic rings. The molecule has 0 aromatic carbocycles. The van der Waals surface area contributed by atoms with E-state index in [4.69, 9.17) is 0 Å². The van der Waals surface area contributed by atoms with Crippen molar-refractivity contribution in [1.29, 1.82) is 0 Å². The van der Waals surface area contributed by atoms with Crippen molar-refractivity contribution in [1.82, 2.24) is 4.98 Å². The van der Waals surface area contributed by atoms with Crippen LogP contribution in [0.3, 0.4) is 0 Å². The Bertz CT molecular complexity index is 336. The number of hydrogen-bond donors (Lipinski definition) is 0. The first-order chi connectivity index (χ1) is 6.66. The predicted molar refractivity (Wildman–Crippen MR) is 59.8 cm³/mol. The largest absolute Gasteiger partial charge is 0.257 e. The van der Waals surface area contributed by atoms with Gasteiger partial charge in [-0.15, -0.1) is 0 Å². The molecule has 1 fully saturated rings. The third-order valence-corrected chi connectivity index (χ3v) is 2.87. The van der Waals surface area contributed by atoms with Gasteiger partial charge in [0.15, 0.2) is 0 Å². The fraction of sp³-hybridized carbons (Fsp3) is 0.462. The molecule has 0 unspecified atom stereocenters. The van der Waals surface area contributed by atoms with E-state index in [0.717, 1.165) is 5.69 Å². The summed E-state index contributed by atoms with van der Waals surface area (Å²) in [6.07, 6.45) is 7.88. The van der Waals surface area contributed by atoms with Gasteiger partial charge in [0.1, 0.15) is 0 Å². The van der Waals surface area contributed by atoms with Gasteiger partial charge in [0, 0.05) is 6.20 Å². The summed E-state index contributed by atoms with van der Waals surface area (Å²) in [5.41, 5.74) is 3.15. The van der Waals surface area contributed by atoms with Crippen molar-refractivity contribution in [2.45, 2.75) is 33.1 Å². The molecule has 1 nitrogen and oxygen atoms in total. The van der Waals surface area contributed by atoms with Crippen LogP contribution in [0.1, 0.15) is 38.8 Å². The predicted octanol–water partition coefficient (Wildman–Crippen LogP) is 3.68. The average Bonchev–Trinajstić information content (AvgIpc) is 2.47. The normalized spacial score (nSPS) is 22.9. The molecule has 0 saturated heterocycles. The SMILES string of the molecule is CC1(C)CC/C(=C\c2ccccn2)C1. The van der Waals surface area contributed by atoms with Crippen LogP contribution in [0.25, 0.3) is 6.08 Å². The molecule has 1 heteroatoms. The minimum Gasteiger partial charge on any atom is -0.257 e. The molecular weight excluding hydrogens is 170 g/mol. The quantitative estimate of drug-likeness (QED) is 0.653. The number of rotatable bonds is 1. The van der Waals surface area contributed by atoms with Gasteiger partial charge in [-0.3, -0.25) is 4.98 Å². The van der Waals surface area contributed by atoms with Gasteiger partial charge in [-0.05, 0) is 42.9 Å². The van der Waals surface area contributed by atoms with Crippen LogP contribution in [0.15, 0.2) is 30.0 Å². The third kappa shape index (κ3) is 2.22. The Morgan fingerprint density at radius 3 is 2.79 bits per heavy atom. The average molecular weight is 187 g/mol. The second-order valence-corrected chi connectivity index (χ2v) is 4.90. The molecule has 0 atom stereocenters. The third-order valence-electron chi connectivity index (χ3n) is 2.87. The standard InChI is InChI=1S/C13H17N/c1-13(2)7-6-11(10-13)9-12-5-3-4-8-14-12/h3-5,8-9H,6-7,10H2,1-2H3/b11-9+. The number of nitrogens with zero attached hydrogens (tertiary/aromatic N) is 1. The zero-order chi connectivity index (χ0) is 10.0. The fourth-order valence-electron chi connectivity index (χ4n) is 2.08. The van der Waals surface area contributed by atoms with E-state index in [1.54, 1.807) is 5.57 Å². The first kappa shape index (κ1) is 9.45. The lowest BCUT2D eigenvalue weighted by Crippen LogP contribution is -2.02. The van der Waals surface area contributed by atoms with Crippen LogP contribution in [-0.2, 0) is 0 Å². The maximum atomic E-state index is 4.31. The molecule has 0 N–H and O–H groups in total. The number of allylic oxidation sites excluding steroid dienone is 1. The van der Waals surface area contributed by atoms with E-state index in [-0.39, 0.29) is 0 Å². The molecule has 2 rings (SSSR count). The summed E-state index contributed by atoms with van der Waals surface area (Å²) >= 11 is 0. The van der Waals surface area contributed by atoms with Gasteiger partial charge in [0.2, 0.25) is 0 Å². The summed E-state index contributed by atoms with van der Waals surface area (Å²) in [4.78, 5) is 4.31. The van der Waals surface area contributed by atoms with E-state index in [9.17, 15) is 0 Å². The topological polar surface area (TPSA) is 12.9 Å². The molecule has 74 valence electrons. The van der Waals surface area contributed by atoms with E-state index in [2.05, 4.69) is 31.0 Å². The molecule has 0 radical (unpaired) electrons. The molecule has 14 heavy (non-hydrogen) atoms. The Morgan fingerprint density at radius 2 is 2.21 bits per heavy atom. The lowest BCUT2D eigenvalue weighted by molar-refractivity contribution is 0.389. The highest BCUT2D eigenvalue weighted by atomic mass is 14.6. The number of pyridine rings is 1. The minimum atomic E-state index is 0.501. The summed E-state index contributed by atoms with van der Waals surface area (Å²) in [6.45, 7) is 4.68. The maximum absolute atomic E-state index is 4.31. The van der Waals surface area contributed by atoms with Crippen molar-refractivity contribution < 1.29 is 0 Å². The van der Waals surface area contributed by atoms with E-state index in [0.29, 0.717) is 5.41 Å². The lowest BCUT2D eigenvalue weighted by Gasteiger charge is -2.14. The molecule has 1 aliphatic rings. The van der Waals surface area contributed by atoms with Gasteiger partial charge in [-0.2, -0.15) is 0 Å². The van der Waals surface area contributed by atoms with Crippen molar-refractivity contribution in [3.05, 3.63) is 35.7 Å². The van der Waals surface area contributed by atoms with Gasteiger partial charge in [-0.25, -0.2) is 0 Å². The molecule has 1 aromatic heterocycles. The molecule has 0 bridgehead atoms. The van der Waals surface area contributed by atoms with Crippen molar-refractivity contribution >= 4 is 6.08 Å². The van der Waals surface area contributed by atoms with Crippen LogP contribution in [0.2, 0.25) is 0 Å². The van der Waals surface area contributed by atoms with Gasteiger partial charge >= 0.3 is 0 Å². The van der Waals surface area contributed by atoms with Crippen LogP contribution in [0.5, 0.6) is 0 Å². The number of hydrogen-bond acceptors (Lipinski definition) is 1. The highest BCUT2D eigenvalue weighted by Gasteiger charge is 2.26. The van der Waals surface area contributed by atoms with Crippen LogP contribution < -0.4 is 0 Å². The van der Waals surface area contributed by atoms with Crippen molar-refractivity contribution in [2.75, 3.05) is 0 Å². The van der Waals surface area contributed by atoms with Crippen molar-refractivity contribution in [2.24, 2.45) is 5.41 Å². The van der Waals surface area contributed by atoms with Crippen LogP contribution in [-0.4, -0.2) is 4.98 Å². The highest BCUT2D eigenvalue weighted by Crippen LogP contribution is 2.40. The molecule has 1 saturated carbocycles. The summed E-state index contributed by atoms with van der Waals surface area (Å²) < 4.78 is 0. The van der Waals surface area contributed by atoms with Gasteiger partial charge in [0.05, 0.1) is 5.69 Å². The Labute approximate surface area is 85.9 Å². The van der Waals surface area contributed by atoms with E-state index >= 15 is 0 Å². The summed E-state index contributed by atoms with van der Waals surface area (Å²) in [5.74, 6) is 0. The molecule has 0 aliphatic heterocycles. The highest BCUT2D eigenvalue weighted by molar-refractivity contribution is 5.49. The van der Waals surface area contributed by atoms with Gasteiger partial charge < -0.3 is 0 Å². The lowest BCUT2D eigenvalue weighted by atomic mass is 9.91. The van der Waals surface area contributed by atoms with Gasteiger partial charge in [0.25, 0.3) is 0 Å². The second kappa shape index (κ2) is 3.56. The zero-order valence-corrected chi connectivity index (χ0v) is 8.96. The second-order valence-electron chi connectivity index (χ2n) is 4.90. The Kier molecular flexibility index (Phi) is 2.40. The molecular formula is C13H17N. The van der Waals surface area contributed by atoms with Crippen LogP contribution >= 0.6 is 0 Å². The summed E-state index contributed by atoms with van der Waals surface area (Å²) in [6, 6.07) is 6.07. The first-order valence-electron chi connectivity index (χ1n) is 5.26. The van der Waals surface area contributed by atoms with Crippen LogP contribution in [0.4, 0.5) is 0 Å². The first-order valence-corrected chi connectivity index (χ1v) is 5.26. The Hall–Kier alpha value is -1.11. The zero-order valence-electron chi connectivity index (χ0n) is 8.96. The number of aromatic nitrogens is 1. The molecule has 1 heterocycles. The Balaban J connectivity index is 2.14. The van der Waals surface area contributed by atoms with Crippen molar-refractivity contribution in [3.63, 3.8) is 0 Å². The van der Waals surface area contributed by atoms with Gasteiger partial charge in [-0.1, -0.05) is 25.5 Å². The van der Waals surface area contributed by atoms with E-state index in [1.807, 2.05) is 18.3 Å². The van der Waals surface area contributed by atoms with E-state index in [1.165, 1.54) is 19.3 Å². The smallest absolute Gasteiger partial charge is 0.0629 e. The monoisotopic (exact) mass is 187 g/mol. The Morgan fingerprint density at radius 1 is 1.36 bits per heavy atom. The van der Waals surface area contributed by atoms with Crippen molar-refractivity contribution in [3.8, 4) is 0 Å².